The maximum atomic E-state index is 13.2. The van der Waals surface area contributed by atoms with Gasteiger partial charge in [-0.25, -0.2) is 19.1 Å². The summed E-state index contributed by atoms with van der Waals surface area (Å²) in [6.07, 6.45) is 3.35. The molecule has 0 saturated carbocycles. The van der Waals surface area contributed by atoms with E-state index in [4.69, 9.17) is 11.5 Å². The molecular formula is C25H32N9O2+. The van der Waals surface area contributed by atoms with Crippen molar-refractivity contribution in [2.45, 2.75) is 52.4 Å². The molecule has 0 aliphatic carbocycles. The smallest absolute Gasteiger partial charge is 0.277 e. The topological polar surface area (TPSA) is 152 Å². The Morgan fingerprint density at radius 2 is 1.97 bits per heavy atom. The number of imidazole rings is 1. The predicted molar refractivity (Wildman–Crippen MR) is 136 cm³/mol. The maximum Gasteiger partial charge on any atom is 0.277 e. The van der Waals surface area contributed by atoms with Gasteiger partial charge in [0.25, 0.3) is 17.6 Å². The Kier molecular flexibility index (Phi) is 6.31. The fourth-order valence-corrected chi connectivity index (χ4v) is 5.00. The average molecular weight is 491 g/mol. The number of fused-ring (bicyclic) bond motifs is 2. The number of carbonyl (C=O) groups excluding carboxylic acids is 2. The van der Waals surface area contributed by atoms with Gasteiger partial charge in [0.1, 0.15) is 12.1 Å². The molecule has 0 atom stereocenters. The molecule has 2 amide bonds. The van der Waals surface area contributed by atoms with E-state index < -0.39 is 5.91 Å². The summed E-state index contributed by atoms with van der Waals surface area (Å²) in [4.78, 5) is 39.6. The molecule has 1 saturated heterocycles. The minimum Gasteiger partial charge on any atom is -0.382 e. The van der Waals surface area contributed by atoms with Crippen LogP contribution < -0.4 is 21.4 Å². The number of anilines is 1. The molecule has 188 valence electrons. The van der Waals surface area contributed by atoms with E-state index >= 15 is 0 Å². The monoisotopic (exact) mass is 490 g/mol. The van der Waals surface area contributed by atoms with E-state index in [1.807, 2.05) is 23.1 Å². The number of rotatable bonds is 6. The molecule has 0 bridgehead atoms. The lowest BCUT2D eigenvalue weighted by Gasteiger charge is -2.30. The Bertz CT molecular complexity index is 1450. The highest BCUT2D eigenvalue weighted by molar-refractivity contribution is 5.98. The van der Waals surface area contributed by atoms with Crippen LogP contribution in [-0.2, 0) is 19.6 Å². The molecular weight excluding hydrogens is 458 g/mol. The summed E-state index contributed by atoms with van der Waals surface area (Å²) in [7, 11) is 0. The predicted octanol–water partition coefficient (Wildman–Crippen LogP) is 1.32. The van der Waals surface area contributed by atoms with Crippen LogP contribution in [0.3, 0.4) is 0 Å². The van der Waals surface area contributed by atoms with E-state index in [1.165, 1.54) is 0 Å². The minimum absolute atomic E-state index is 0.0275. The zero-order valence-corrected chi connectivity index (χ0v) is 20.6. The number of amides is 2. The molecule has 4 aromatic rings. The van der Waals surface area contributed by atoms with Crippen molar-refractivity contribution < 1.29 is 14.2 Å². The summed E-state index contributed by atoms with van der Waals surface area (Å²) >= 11 is 0. The van der Waals surface area contributed by atoms with Crippen molar-refractivity contribution in [1.29, 1.82) is 0 Å². The van der Waals surface area contributed by atoms with E-state index in [9.17, 15) is 9.59 Å². The number of benzene rings is 1. The van der Waals surface area contributed by atoms with Crippen LogP contribution in [-0.4, -0.2) is 55.4 Å². The van der Waals surface area contributed by atoms with Crippen LogP contribution >= 0.6 is 0 Å². The highest BCUT2D eigenvalue weighted by Crippen LogP contribution is 2.20. The molecule has 11 heteroatoms. The van der Waals surface area contributed by atoms with Crippen LogP contribution in [0.15, 0.2) is 30.5 Å². The summed E-state index contributed by atoms with van der Waals surface area (Å²) in [5.41, 5.74) is 15.8. The van der Waals surface area contributed by atoms with Gasteiger partial charge in [0, 0.05) is 37.0 Å². The van der Waals surface area contributed by atoms with Crippen LogP contribution in [0.25, 0.3) is 22.2 Å². The van der Waals surface area contributed by atoms with E-state index in [0.717, 1.165) is 29.7 Å². The maximum absolute atomic E-state index is 13.2. The molecule has 3 aromatic heterocycles. The number of nitrogen functional groups attached to an aromatic ring is 1. The zero-order chi connectivity index (χ0) is 25.4. The van der Waals surface area contributed by atoms with Gasteiger partial charge in [-0.3, -0.25) is 9.59 Å². The molecule has 1 fully saturated rings. The third-order valence-corrected chi connectivity index (χ3v) is 6.92. The molecule has 1 aliphatic heterocycles. The molecule has 36 heavy (non-hydrogen) atoms. The number of aryl methyl sites for hydroxylation is 2. The lowest BCUT2D eigenvalue weighted by molar-refractivity contribution is -0.676. The average Bonchev–Trinajstić information content (AvgIpc) is 3.47. The standard InChI is InChI=1S/C25H31N9O2/c1-3-33-18-6-5-15(25(36)32-11-8-16(26)9-12-32)13-19(18)34(4-2)20(33)14-29-24(35)21-22(27)31-23-17(30-21)7-10-28-23/h5-7,10,13,16H,3-4,8-9,11-12,14,26H2,1-2H3,(H3-,27,28,29,30,31,35)/p+1. The summed E-state index contributed by atoms with van der Waals surface area (Å²) < 4.78 is 4.28. The van der Waals surface area contributed by atoms with E-state index in [-0.39, 0.29) is 30.0 Å². The number of hydrogen-bond acceptors (Lipinski definition) is 6. The van der Waals surface area contributed by atoms with Gasteiger partial charge in [-0.05, 0) is 44.9 Å². The summed E-state index contributed by atoms with van der Waals surface area (Å²) in [5.74, 6) is 0.632. The van der Waals surface area contributed by atoms with Crippen LogP contribution in [0.4, 0.5) is 5.82 Å². The van der Waals surface area contributed by atoms with Crippen molar-refractivity contribution in [3.05, 3.63) is 47.5 Å². The Balaban J connectivity index is 1.43. The number of H-pyrrole nitrogens is 1. The largest absolute Gasteiger partial charge is 0.382 e. The third kappa shape index (κ3) is 4.15. The number of carbonyl (C=O) groups is 2. The van der Waals surface area contributed by atoms with Gasteiger partial charge in [0.15, 0.2) is 28.2 Å². The van der Waals surface area contributed by atoms with Gasteiger partial charge in [-0.15, -0.1) is 0 Å². The molecule has 1 aliphatic rings. The SMILES string of the molecule is CCn1c(CNC(=O)c2nc3cc[nH]c3nc2N)[n+](CC)c2ccc(C(=O)N3CCC(N)CC3)cc21. The van der Waals surface area contributed by atoms with E-state index in [0.29, 0.717) is 42.9 Å². The first-order valence-corrected chi connectivity index (χ1v) is 12.4. The van der Waals surface area contributed by atoms with Crippen molar-refractivity contribution in [3.63, 3.8) is 0 Å². The Hall–Kier alpha value is -3.99. The number of hydrogen-bond donors (Lipinski definition) is 4. The Morgan fingerprint density at radius 1 is 1.19 bits per heavy atom. The van der Waals surface area contributed by atoms with Crippen molar-refractivity contribution in [2.24, 2.45) is 5.73 Å². The second kappa shape index (κ2) is 9.57. The van der Waals surface area contributed by atoms with Gasteiger partial charge >= 0.3 is 0 Å². The minimum atomic E-state index is -0.391. The number of nitrogens with zero attached hydrogens (tertiary/aromatic N) is 5. The second-order valence-corrected chi connectivity index (χ2v) is 9.09. The number of nitrogens with one attached hydrogen (secondary N) is 2. The van der Waals surface area contributed by atoms with Crippen molar-refractivity contribution in [2.75, 3.05) is 18.8 Å². The fraction of sp³-hybridized carbons (Fsp3) is 0.400. The Morgan fingerprint density at radius 3 is 2.69 bits per heavy atom. The van der Waals surface area contributed by atoms with E-state index in [1.54, 1.807) is 12.3 Å². The van der Waals surface area contributed by atoms with Gasteiger partial charge in [-0.1, -0.05) is 0 Å². The number of piperidine rings is 1. The molecule has 4 heterocycles. The number of aromatic amines is 1. The molecule has 5 rings (SSSR count). The van der Waals surface area contributed by atoms with E-state index in [2.05, 4.69) is 43.3 Å². The first-order valence-electron chi connectivity index (χ1n) is 12.4. The van der Waals surface area contributed by atoms with Crippen LogP contribution in [0.5, 0.6) is 0 Å². The van der Waals surface area contributed by atoms with Crippen LogP contribution in [0.2, 0.25) is 0 Å². The number of nitrogens with two attached hydrogens (primary N) is 2. The molecule has 1 aromatic carbocycles. The highest BCUT2D eigenvalue weighted by atomic mass is 16.2. The van der Waals surface area contributed by atoms with Crippen LogP contribution in [0, 0.1) is 0 Å². The lowest BCUT2D eigenvalue weighted by atomic mass is 10.0. The van der Waals surface area contributed by atoms with Crippen molar-refractivity contribution >= 4 is 39.8 Å². The lowest BCUT2D eigenvalue weighted by Crippen LogP contribution is -2.42. The summed E-state index contributed by atoms with van der Waals surface area (Å²) in [6, 6.07) is 7.74. The summed E-state index contributed by atoms with van der Waals surface area (Å²) in [6.45, 7) is 7.14. The van der Waals surface area contributed by atoms with Gasteiger partial charge < -0.3 is 26.7 Å². The second-order valence-electron chi connectivity index (χ2n) is 9.09. The Labute approximate surface area is 208 Å². The first-order chi connectivity index (χ1) is 17.4. The quantitative estimate of drug-likeness (QED) is 0.299. The van der Waals surface area contributed by atoms with Gasteiger partial charge in [0.05, 0.1) is 13.1 Å². The normalized spacial score (nSPS) is 14.6. The molecule has 0 unspecified atom stereocenters. The third-order valence-electron chi connectivity index (χ3n) is 6.92. The van der Waals surface area contributed by atoms with Crippen molar-refractivity contribution in [3.8, 4) is 0 Å². The highest BCUT2D eigenvalue weighted by Gasteiger charge is 2.27. The van der Waals surface area contributed by atoms with Gasteiger partial charge in [0.2, 0.25) is 0 Å². The zero-order valence-electron chi connectivity index (χ0n) is 20.6. The fourth-order valence-electron chi connectivity index (χ4n) is 5.00. The molecule has 0 spiro atoms. The summed E-state index contributed by atoms with van der Waals surface area (Å²) in [5, 5.41) is 2.96. The molecule has 11 nitrogen and oxygen atoms in total. The first kappa shape index (κ1) is 23.7. The number of likely N-dealkylation sites (tertiary alicyclic amines) is 1. The molecule has 0 radical (unpaired) electrons. The van der Waals surface area contributed by atoms with Crippen LogP contribution in [0.1, 0.15) is 53.4 Å². The number of aromatic nitrogens is 5. The molecule has 6 N–H and O–H groups in total. The van der Waals surface area contributed by atoms with Gasteiger partial charge in [-0.2, -0.15) is 0 Å². The van der Waals surface area contributed by atoms with Crippen molar-refractivity contribution in [1.82, 2.24) is 29.7 Å².